The lowest BCUT2D eigenvalue weighted by atomic mass is 10.0. The molecule has 2 aromatic carbocycles. The van der Waals surface area contributed by atoms with Crippen molar-refractivity contribution in [1.82, 2.24) is 5.32 Å². The van der Waals surface area contributed by atoms with Gasteiger partial charge in [-0.2, -0.15) is 0 Å². The molecule has 2 aromatic rings. The number of methoxy groups -OCH3 is 2. The van der Waals surface area contributed by atoms with Gasteiger partial charge in [0, 0.05) is 4.47 Å². The summed E-state index contributed by atoms with van der Waals surface area (Å²) in [6.07, 6.45) is 0.722. The van der Waals surface area contributed by atoms with Crippen LogP contribution >= 0.6 is 27.5 Å². The number of benzene rings is 2. The van der Waals surface area contributed by atoms with Gasteiger partial charge < -0.3 is 19.5 Å². The molecule has 1 atom stereocenters. The van der Waals surface area contributed by atoms with Crippen LogP contribution in [-0.2, 0) is 4.79 Å². The van der Waals surface area contributed by atoms with Gasteiger partial charge in [-0.3, -0.25) is 4.79 Å². The normalized spacial score (nSPS) is 11.6. The fourth-order valence-electron chi connectivity index (χ4n) is 2.46. The van der Waals surface area contributed by atoms with Crippen molar-refractivity contribution >= 4 is 33.4 Å². The Morgan fingerprint density at radius 3 is 2.42 bits per heavy atom. The van der Waals surface area contributed by atoms with Crippen molar-refractivity contribution in [2.45, 2.75) is 19.4 Å². The third-order valence-electron chi connectivity index (χ3n) is 3.81. The summed E-state index contributed by atoms with van der Waals surface area (Å²) in [6.45, 7) is 1.87. The van der Waals surface area contributed by atoms with Crippen LogP contribution < -0.4 is 19.5 Å². The molecule has 7 heteroatoms. The molecule has 0 bridgehead atoms. The van der Waals surface area contributed by atoms with Gasteiger partial charge in [0.15, 0.2) is 18.1 Å². The summed E-state index contributed by atoms with van der Waals surface area (Å²) in [5.74, 6) is 1.50. The lowest BCUT2D eigenvalue weighted by Crippen LogP contribution is -2.32. The second kappa shape index (κ2) is 9.69. The lowest BCUT2D eigenvalue weighted by Gasteiger charge is -2.19. The molecule has 0 fully saturated rings. The van der Waals surface area contributed by atoms with Crippen molar-refractivity contribution in [2.75, 3.05) is 20.8 Å². The van der Waals surface area contributed by atoms with Crippen LogP contribution in [0, 0.1) is 0 Å². The Bertz CT molecular complexity index is 769. The molecule has 140 valence electrons. The first-order chi connectivity index (χ1) is 12.5. The van der Waals surface area contributed by atoms with Gasteiger partial charge in [0.25, 0.3) is 5.91 Å². The maximum Gasteiger partial charge on any atom is 0.258 e. The average Bonchev–Trinajstić information content (AvgIpc) is 2.64. The lowest BCUT2D eigenvalue weighted by molar-refractivity contribution is -0.123. The Labute approximate surface area is 166 Å². The van der Waals surface area contributed by atoms with Gasteiger partial charge in [-0.1, -0.05) is 40.5 Å². The quantitative estimate of drug-likeness (QED) is 0.640. The van der Waals surface area contributed by atoms with Gasteiger partial charge in [-0.05, 0) is 42.3 Å². The van der Waals surface area contributed by atoms with Crippen LogP contribution in [0.15, 0.2) is 40.9 Å². The predicted octanol–water partition coefficient (Wildman–Crippen LogP) is 4.77. The minimum Gasteiger partial charge on any atom is -0.493 e. The van der Waals surface area contributed by atoms with E-state index < -0.39 is 0 Å². The summed E-state index contributed by atoms with van der Waals surface area (Å²) in [5.41, 5.74) is 0.931. The van der Waals surface area contributed by atoms with Gasteiger partial charge in [0.1, 0.15) is 5.75 Å². The van der Waals surface area contributed by atoms with Gasteiger partial charge >= 0.3 is 0 Å². The Morgan fingerprint density at radius 2 is 1.81 bits per heavy atom. The van der Waals surface area contributed by atoms with Crippen LogP contribution in [0.5, 0.6) is 17.2 Å². The Balaban J connectivity index is 2.01. The maximum absolute atomic E-state index is 12.3. The minimum atomic E-state index is -0.231. The van der Waals surface area contributed by atoms with Crippen LogP contribution in [-0.4, -0.2) is 26.7 Å². The zero-order valence-electron chi connectivity index (χ0n) is 14.8. The zero-order valence-corrected chi connectivity index (χ0v) is 17.2. The summed E-state index contributed by atoms with van der Waals surface area (Å²) in [7, 11) is 3.16. The van der Waals surface area contributed by atoms with Crippen LogP contribution in [0.4, 0.5) is 0 Å². The molecule has 0 aliphatic carbocycles. The van der Waals surface area contributed by atoms with Crippen LogP contribution in [0.3, 0.4) is 0 Å². The van der Waals surface area contributed by atoms with Crippen LogP contribution in [0.25, 0.3) is 0 Å². The number of carbonyl (C=O) groups excluding carboxylic acids is 1. The van der Waals surface area contributed by atoms with E-state index >= 15 is 0 Å². The standard InChI is InChI=1S/C19H21BrClNO4/c1-4-15(12-5-7-17(24-2)18(9-12)25-3)22-19(23)11-26-16-8-6-13(20)10-14(16)21/h5-10,15H,4,11H2,1-3H3,(H,22,23)/t15-/m0/s1. The molecule has 0 spiro atoms. The molecule has 1 amide bonds. The SMILES string of the molecule is CC[C@H](NC(=O)COc1ccc(Br)cc1Cl)c1ccc(OC)c(OC)c1. The predicted molar refractivity (Wildman–Crippen MR) is 105 cm³/mol. The molecule has 0 aromatic heterocycles. The van der Waals surface area contributed by atoms with Crippen molar-refractivity contribution in [3.8, 4) is 17.2 Å². The summed E-state index contributed by atoms with van der Waals surface area (Å²) in [5, 5.41) is 3.40. The van der Waals surface area contributed by atoms with Crippen LogP contribution in [0.1, 0.15) is 24.9 Å². The van der Waals surface area contributed by atoms with E-state index in [0.717, 1.165) is 16.5 Å². The van der Waals surface area contributed by atoms with E-state index in [-0.39, 0.29) is 18.6 Å². The van der Waals surface area contributed by atoms with Gasteiger partial charge in [-0.25, -0.2) is 0 Å². The number of hydrogen-bond acceptors (Lipinski definition) is 4. The van der Waals surface area contributed by atoms with E-state index in [1.165, 1.54) is 0 Å². The molecule has 5 nitrogen and oxygen atoms in total. The second-order valence-electron chi connectivity index (χ2n) is 5.51. The molecule has 0 aliphatic heterocycles. The third kappa shape index (κ3) is 5.29. The van der Waals surface area contributed by atoms with Gasteiger partial charge in [0.05, 0.1) is 25.3 Å². The summed E-state index contributed by atoms with van der Waals surface area (Å²) in [6, 6.07) is 10.7. The number of ether oxygens (including phenoxy) is 3. The fourth-order valence-corrected chi connectivity index (χ4v) is 3.19. The molecule has 0 heterocycles. The minimum absolute atomic E-state index is 0.120. The van der Waals surface area contributed by atoms with E-state index in [0.29, 0.717) is 22.3 Å². The largest absolute Gasteiger partial charge is 0.493 e. The topological polar surface area (TPSA) is 56.8 Å². The smallest absolute Gasteiger partial charge is 0.258 e. The maximum atomic E-state index is 12.3. The monoisotopic (exact) mass is 441 g/mol. The summed E-state index contributed by atoms with van der Waals surface area (Å²) < 4.78 is 16.9. The zero-order chi connectivity index (χ0) is 19.1. The van der Waals surface area contributed by atoms with E-state index in [4.69, 9.17) is 25.8 Å². The van der Waals surface area contributed by atoms with E-state index in [9.17, 15) is 4.79 Å². The molecule has 0 saturated carbocycles. The van der Waals surface area contributed by atoms with Crippen molar-refractivity contribution in [2.24, 2.45) is 0 Å². The number of rotatable bonds is 8. The Kier molecular flexibility index (Phi) is 7.60. The number of amides is 1. The Morgan fingerprint density at radius 1 is 1.12 bits per heavy atom. The highest BCUT2D eigenvalue weighted by molar-refractivity contribution is 9.10. The number of hydrogen-bond donors (Lipinski definition) is 1. The molecular weight excluding hydrogens is 422 g/mol. The highest BCUT2D eigenvalue weighted by atomic mass is 79.9. The van der Waals surface area contributed by atoms with E-state index in [2.05, 4.69) is 21.2 Å². The van der Waals surface area contributed by atoms with Crippen molar-refractivity contribution in [3.05, 3.63) is 51.5 Å². The first kappa shape index (κ1) is 20.4. The first-order valence-corrected chi connectivity index (χ1v) is 9.24. The molecule has 0 saturated heterocycles. The molecule has 0 aliphatic rings. The highest BCUT2D eigenvalue weighted by Crippen LogP contribution is 2.31. The van der Waals surface area contributed by atoms with Crippen molar-refractivity contribution in [1.29, 1.82) is 0 Å². The second-order valence-corrected chi connectivity index (χ2v) is 6.83. The average molecular weight is 443 g/mol. The third-order valence-corrected chi connectivity index (χ3v) is 4.59. The summed E-state index contributed by atoms with van der Waals surface area (Å²) in [4.78, 5) is 12.3. The van der Waals surface area contributed by atoms with E-state index in [1.54, 1.807) is 32.4 Å². The number of nitrogens with one attached hydrogen (secondary N) is 1. The first-order valence-electron chi connectivity index (χ1n) is 8.07. The Hall–Kier alpha value is -1.92. The fraction of sp³-hybridized carbons (Fsp3) is 0.316. The number of carbonyl (C=O) groups is 1. The van der Waals surface area contributed by atoms with Crippen molar-refractivity contribution in [3.63, 3.8) is 0 Å². The van der Waals surface area contributed by atoms with Crippen molar-refractivity contribution < 1.29 is 19.0 Å². The molecule has 2 rings (SSSR count). The van der Waals surface area contributed by atoms with E-state index in [1.807, 2.05) is 25.1 Å². The highest BCUT2D eigenvalue weighted by Gasteiger charge is 2.16. The summed E-state index contributed by atoms with van der Waals surface area (Å²) >= 11 is 9.42. The van der Waals surface area contributed by atoms with Gasteiger partial charge in [0.2, 0.25) is 0 Å². The molecule has 0 unspecified atom stereocenters. The molecule has 1 N–H and O–H groups in total. The molecule has 0 radical (unpaired) electrons. The molecule has 26 heavy (non-hydrogen) atoms. The molecular formula is C19H21BrClNO4. The van der Waals surface area contributed by atoms with Crippen LogP contribution in [0.2, 0.25) is 5.02 Å². The van der Waals surface area contributed by atoms with Gasteiger partial charge in [-0.15, -0.1) is 0 Å². The number of halogens is 2.